The molecule has 1 aromatic rings. The van der Waals surface area contributed by atoms with E-state index in [1.807, 2.05) is 0 Å². The Labute approximate surface area is 116 Å². The number of rotatable bonds is 5. The molecule has 2 amide bonds. The maximum atomic E-state index is 13.1. The number of methoxy groups -OCH3 is 1. The third-order valence-electron chi connectivity index (χ3n) is 3.12. The molecule has 0 bridgehead atoms. The summed E-state index contributed by atoms with van der Waals surface area (Å²) in [6.07, 6.45) is 0.269. The van der Waals surface area contributed by atoms with Crippen LogP contribution in [0, 0.1) is 5.82 Å². The van der Waals surface area contributed by atoms with Crippen molar-refractivity contribution in [2.75, 3.05) is 20.3 Å². The summed E-state index contributed by atoms with van der Waals surface area (Å²) in [6.45, 7) is 0.770. The molecular weight excluding hydrogens is 263 g/mol. The Balaban J connectivity index is 1.91. The van der Waals surface area contributed by atoms with E-state index >= 15 is 0 Å². The second kappa shape index (κ2) is 6.47. The van der Waals surface area contributed by atoms with Crippen molar-refractivity contribution in [1.29, 1.82) is 0 Å². The van der Waals surface area contributed by atoms with E-state index in [1.165, 1.54) is 19.2 Å². The second-order valence-corrected chi connectivity index (χ2v) is 4.81. The molecule has 6 heteroatoms. The van der Waals surface area contributed by atoms with Crippen molar-refractivity contribution >= 4 is 11.8 Å². The minimum absolute atomic E-state index is 0.0193. The zero-order valence-corrected chi connectivity index (χ0v) is 11.3. The molecule has 1 saturated heterocycles. The fourth-order valence-electron chi connectivity index (χ4n) is 2.28. The van der Waals surface area contributed by atoms with Crippen LogP contribution in [0.25, 0.3) is 0 Å². The number of hydrogen-bond acceptors (Lipinski definition) is 3. The molecule has 1 heterocycles. The van der Waals surface area contributed by atoms with Gasteiger partial charge in [0.25, 0.3) is 0 Å². The maximum absolute atomic E-state index is 13.1. The highest BCUT2D eigenvalue weighted by molar-refractivity contribution is 5.82. The maximum Gasteiger partial charge on any atom is 0.246 e. The Bertz CT molecular complexity index is 507. The number of ether oxygens (including phenoxy) is 1. The van der Waals surface area contributed by atoms with Gasteiger partial charge in [0.15, 0.2) is 0 Å². The first-order valence-corrected chi connectivity index (χ1v) is 6.39. The quantitative estimate of drug-likeness (QED) is 0.863. The van der Waals surface area contributed by atoms with Crippen LogP contribution in [0.15, 0.2) is 24.3 Å². The molecule has 0 unspecified atom stereocenters. The topological polar surface area (TPSA) is 58.6 Å². The van der Waals surface area contributed by atoms with Crippen LogP contribution in [0.1, 0.15) is 12.0 Å². The van der Waals surface area contributed by atoms with Crippen LogP contribution in [0.5, 0.6) is 0 Å². The summed E-state index contributed by atoms with van der Waals surface area (Å²) in [4.78, 5) is 24.9. The molecule has 1 aliphatic heterocycles. The van der Waals surface area contributed by atoms with Crippen LogP contribution in [-0.2, 0) is 20.9 Å². The van der Waals surface area contributed by atoms with Gasteiger partial charge in [0.2, 0.25) is 11.8 Å². The molecule has 20 heavy (non-hydrogen) atoms. The van der Waals surface area contributed by atoms with Gasteiger partial charge in [0, 0.05) is 26.6 Å². The summed E-state index contributed by atoms with van der Waals surface area (Å²) in [5, 5.41) is 2.74. The van der Waals surface area contributed by atoms with E-state index in [9.17, 15) is 14.0 Å². The van der Waals surface area contributed by atoms with Gasteiger partial charge in [-0.25, -0.2) is 4.39 Å². The molecular formula is C14H17FN2O3. The Morgan fingerprint density at radius 2 is 2.35 bits per heavy atom. The first-order valence-electron chi connectivity index (χ1n) is 6.39. The predicted molar refractivity (Wildman–Crippen MR) is 70.2 cm³/mol. The average molecular weight is 280 g/mol. The molecule has 5 nitrogen and oxygen atoms in total. The van der Waals surface area contributed by atoms with E-state index in [0.717, 1.165) is 5.56 Å². The molecule has 1 aromatic carbocycles. The van der Waals surface area contributed by atoms with Crippen molar-refractivity contribution in [1.82, 2.24) is 10.2 Å². The van der Waals surface area contributed by atoms with E-state index in [0.29, 0.717) is 13.1 Å². The van der Waals surface area contributed by atoms with Crippen molar-refractivity contribution in [3.05, 3.63) is 35.6 Å². The molecule has 2 rings (SSSR count). The zero-order valence-electron chi connectivity index (χ0n) is 11.3. The minimum Gasteiger partial charge on any atom is -0.375 e. The van der Waals surface area contributed by atoms with Crippen molar-refractivity contribution < 1.29 is 18.7 Å². The van der Waals surface area contributed by atoms with Crippen molar-refractivity contribution in [2.45, 2.75) is 19.0 Å². The van der Waals surface area contributed by atoms with Gasteiger partial charge in [-0.3, -0.25) is 9.59 Å². The number of halogens is 1. The predicted octanol–water partition coefficient (Wildman–Crippen LogP) is 0.689. The molecule has 1 fully saturated rings. The number of carbonyl (C=O) groups is 2. The fraction of sp³-hybridized carbons (Fsp3) is 0.429. The van der Waals surface area contributed by atoms with Crippen molar-refractivity contribution in [3.8, 4) is 0 Å². The van der Waals surface area contributed by atoms with Crippen LogP contribution in [0.4, 0.5) is 4.39 Å². The molecule has 0 radical (unpaired) electrons. The van der Waals surface area contributed by atoms with Crippen LogP contribution in [0.3, 0.4) is 0 Å². The van der Waals surface area contributed by atoms with Crippen LogP contribution in [-0.4, -0.2) is 43.0 Å². The number of likely N-dealkylation sites (tertiary alicyclic amines) is 1. The first kappa shape index (κ1) is 14.5. The lowest BCUT2D eigenvalue weighted by Crippen LogP contribution is -2.38. The molecule has 0 aliphatic carbocycles. The summed E-state index contributed by atoms with van der Waals surface area (Å²) in [5.74, 6) is -0.603. The zero-order chi connectivity index (χ0) is 14.5. The van der Waals surface area contributed by atoms with E-state index < -0.39 is 0 Å². The fourth-order valence-corrected chi connectivity index (χ4v) is 2.28. The molecule has 1 aliphatic rings. The molecule has 1 N–H and O–H groups in total. The number of carbonyl (C=O) groups excluding carboxylic acids is 2. The van der Waals surface area contributed by atoms with E-state index in [4.69, 9.17) is 4.74 Å². The number of benzene rings is 1. The second-order valence-electron chi connectivity index (χ2n) is 4.81. The average Bonchev–Trinajstić information content (AvgIpc) is 2.69. The Hall–Kier alpha value is -1.95. The highest BCUT2D eigenvalue weighted by atomic mass is 19.1. The normalized spacial score (nSPS) is 18.4. The van der Waals surface area contributed by atoms with E-state index in [1.54, 1.807) is 17.0 Å². The minimum atomic E-state index is -0.320. The van der Waals surface area contributed by atoms with Gasteiger partial charge in [0.05, 0.1) is 6.04 Å². The van der Waals surface area contributed by atoms with Gasteiger partial charge in [0.1, 0.15) is 12.4 Å². The lowest BCUT2D eigenvalue weighted by atomic mass is 10.2. The summed E-state index contributed by atoms with van der Waals surface area (Å²) >= 11 is 0. The largest absolute Gasteiger partial charge is 0.375 e. The van der Waals surface area contributed by atoms with Crippen molar-refractivity contribution in [2.24, 2.45) is 0 Å². The highest BCUT2D eigenvalue weighted by Gasteiger charge is 2.30. The summed E-state index contributed by atoms with van der Waals surface area (Å²) in [6, 6.07) is 5.95. The van der Waals surface area contributed by atoms with Crippen LogP contribution >= 0.6 is 0 Å². The standard InChI is InChI=1S/C14H17FN2O3/c1-20-9-13(18)16-12-6-14(19)17(8-12)7-10-3-2-4-11(15)5-10/h2-5,12H,6-9H2,1H3,(H,16,18)/t12-/m1/s1. The van der Waals surface area contributed by atoms with Crippen LogP contribution < -0.4 is 5.32 Å². The third-order valence-corrected chi connectivity index (χ3v) is 3.12. The van der Waals surface area contributed by atoms with Gasteiger partial charge < -0.3 is 15.0 Å². The van der Waals surface area contributed by atoms with Crippen LogP contribution in [0.2, 0.25) is 0 Å². The lowest BCUT2D eigenvalue weighted by Gasteiger charge is -2.17. The first-order chi connectivity index (χ1) is 9.58. The van der Waals surface area contributed by atoms with Gasteiger partial charge >= 0.3 is 0 Å². The summed E-state index contributed by atoms with van der Waals surface area (Å²) in [5.41, 5.74) is 0.738. The van der Waals surface area contributed by atoms with Gasteiger partial charge in [-0.15, -0.1) is 0 Å². The lowest BCUT2D eigenvalue weighted by molar-refractivity contribution is -0.128. The Morgan fingerprint density at radius 3 is 3.05 bits per heavy atom. The number of nitrogens with one attached hydrogen (secondary N) is 1. The number of amides is 2. The number of hydrogen-bond donors (Lipinski definition) is 1. The summed E-state index contributed by atoms with van der Waals surface area (Å²) in [7, 11) is 1.44. The third kappa shape index (κ3) is 3.77. The summed E-state index contributed by atoms with van der Waals surface area (Å²) < 4.78 is 17.8. The SMILES string of the molecule is COCC(=O)N[C@@H]1CC(=O)N(Cc2cccc(F)c2)C1. The Kier molecular flexibility index (Phi) is 4.68. The molecule has 0 aromatic heterocycles. The Morgan fingerprint density at radius 1 is 1.55 bits per heavy atom. The molecule has 0 saturated carbocycles. The molecule has 108 valence electrons. The van der Waals surface area contributed by atoms with E-state index in [2.05, 4.69) is 5.32 Å². The molecule has 1 atom stereocenters. The highest BCUT2D eigenvalue weighted by Crippen LogP contribution is 2.15. The smallest absolute Gasteiger partial charge is 0.246 e. The van der Waals surface area contributed by atoms with Gasteiger partial charge in [-0.1, -0.05) is 12.1 Å². The van der Waals surface area contributed by atoms with Crippen molar-refractivity contribution in [3.63, 3.8) is 0 Å². The van der Waals surface area contributed by atoms with Gasteiger partial charge in [-0.2, -0.15) is 0 Å². The molecule has 0 spiro atoms. The monoisotopic (exact) mass is 280 g/mol. The number of nitrogens with zero attached hydrogens (tertiary/aromatic N) is 1. The van der Waals surface area contributed by atoms with Gasteiger partial charge in [-0.05, 0) is 17.7 Å². The van der Waals surface area contributed by atoms with E-state index in [-0.39, 0.29) is 36.7 Å².